The standard InChI is InChI=1S/C17H18F3N5O2S/c18-17(19,20)15-10-14(11-2-3-11)24(23-15)9-1-8-21-16(28)22-12-4-6-13(7-5-12)25(26)27/h4-7,10-11H,1-3,8-9H2,(H2,21,22,28). The van der Waals surface area contributed by atoms with Crippen molar-refractivity contribution < 1.29 is 18.1 Å². The highest BCUT2D eigenvalue weighted by Crippen LogP contribution is 2.42. The number of anilines is 1. The molecule has 7 nitrogen and oxygen atoms in total. The molecule has 1 aliphatic carbocycles. The van der Waals surface area contributed by atoms with Crippen molar-refractivity contribution in [2.45, 2.75) is 37.9 Å². The largest absolute Gasteiger partial charge is 0.435 e. The van der Waals surface area contributed by atoms with E-state index in [1.54, 1.807) is 0 Å². The smallest absolute Gasteiger partial charge is 0.362 e. The fourth-order valence-electron chi connectivity index (χ4n) is 2.73. The minimum Gasteiger partial charge on any atom is -0.362 e. The Bertz CT molecular complexity index is 863. The number of benzene rings is 1. The van der Waals surface area contributed by atoms with Crippen LogP contribution in [0.25, 0.3) is 0 Å². The minimum atomic E-state index is -4.44. The van der Waals surface area contributed by atoms with Crippen molar-refractivity contribution in [2.75, 3.05) is 11.9 Å². The van der Waals surface area contributed by atoms with Gasteiger partial charge in [-0.05, 0) is 49.7 Å². The number of non-ortho nitro benzene ring substituents is 1. The third-order valence-electron chi connectivity index (χ3n) is 4.27. The van der Waals surface area contributed by atoms with Gasteiger partial charge in [0.15, 0.2) is 10.8 Å². The number of rotatable bonds is 7. The molecule has 1 aromatic carbocycles. The molecule has 150 valence electrons. The summed E-state index contributed by atoms with van der Waals surface area (Å²) in [6.45, 7) is 0.805. The maximum absolute atomic E-state index is 12.9. The van der Waals surface area contributed by atoms with Gasteiger partial charge in [0.05, 0.1) is 4.92 Å². The Labute approximate surface area is 164 Å². The lowest BCUT2D eigenvalue weighted by atomic mass is 10.2. The number of nitro benzene ring substituents is 1. The Hall–Kier alpha value is -2.69. The van der Waals surface area contributed by atoms with Crippen molar-refractivity contribution in [1.82, 2.24) is 15.1 Å². The van der Waals surface area contributed by atoms with Crippen LogP contribution < -0.4 is 10.6 Å². The molecule has 11 heteroatoms. The van der Waals surface area contributed by atoms with Crippen LogP contribution in [-0.2, 0) is 12.7 Å². The molecule has 1 heterocycles. The number of nitrogens with one attached hydrogen (secondary N) is 2. The molecular formula is C17H18F3N5O2S. The summed E-state index contributed by atoms with van der Waals surface area (Å²) in [5.74, 6) is 0.168. The number of hydrogen-bond donors (Lipinski definition) is 2. The van der Waals surface area contributed by atoms with Crippen LogP contribution in [0.1, 0.15) is 36.6 Å². The van der Waals surface area contributed by atoms with E-state index >= 15 is 0 Å². The first-order chi connectivity index (χ1) is 13.2. The van der Waals surface area contributed by atoms with E-state index in [1.807, 2.05) is 0 Å². The van der Waals surface area contributed by atoms with Crippen molar-refractivity contribution in [3.8, 4) is 0 Å². The van der Waals surface area contributed by atoms with Gasteiger partial charge in [-0.2, -0.15) is 18.3 Å². The maximum atomic E-state index is 12.9. The Kier molecular flexibility index (Phi) is 5.82. The number of halogens is 3. The van der Waals surface area contributed by atoms with Crippen LogP contribution >= 0.6 is 12.2 Å². The summed E-state index contributed by atoms with van der Waals surface area (Å²) in [5, 5.41) is 20.5. The third kappa shape index (κ3) is 5.18. The highest BCUT2D eigenvalue weighted by atomic mass is 32.1. The maximum Gasteiger partial charge on any atom is 0.435 e. The lowest BCUT2D eigenvalue weighted by molar-refractivity contribution is -0.384. The zero-order valence-electron chi connectivity index (χ0n) is 14.7. The van der Waals surface area contributed by atoms with Crippen molar-refractivity contribution in [3.63, 3.8) is 0 Å². The molecular weight excluding hydrogens is 395 g/mol. The predicted octanol–water partition coefficient (Wildman–Crippen LogP) is 4.06. The fraction of sp³-hybridized carbons (Fsp3) is 0.412. The molecule has 0 unspecified atom stereocenters. The Morgan fingerprint density at radius 2 is 2.00 bits per heavy atom. The van der Waals surface area contributed by atoms with Crippen LogP contribution in [0.15, 0.2) is 30.3 Å². The summed E-state index contributed by atoms with van der Waals surface area (Å²) in [5.41, 5.74) is 0.367. The predicted molar refractivity (Wildman–Crippen MR) is 101 cm³/mol. The first-order valence-electron chi connectivity index (χ1n) is 8.68. The first kappa shape index (κ1) is 20.1. The summed E-state index contributed by atoms with van der Waals surface area (Å²) in [6, 6.07) is 6.94. The molecule has 0 bridgehead atoms. The molecule has 1 saturated carbocycles. The number of alkyl halides is 3. The van der Waals surface area contributed by atoms with Crippen LogP contribution in [0.3, 0.4) is 0 Å². The molecule has 0 saturated heterocycles. The van der Waals surface area contributed by atoms with E-state index in [2.05, 4.69) is 15.7 Å². The topological polar surface area (TPSA) is 85.0 Å². The molecule has 1 fully saturated rings. The van der Waals surface area contributed by atoms with Crippen molar-refractivity contribution >= 4 is 28.7 Å². The SMILES string of the molecule is O=[N+]([O-])c1ccc(NC(=S)NCCCn2nc(C(F)(F)F)cc2C2CC2)cc1. The number of nitrogens with zero attached hydrogens (tertiary/aromatic N) is 3. The lowest BCUT2D eigenvalue weighted by Crippen LogP contribution is -2.29. The summed E-state index contributed by atoms with van der Waals surface area (Å²) in [7, 11) is 0. The average molecular weight is 413 g/mol. The van der Waals surface area contributed by atoms with Gasteiger partial charge >= 0.3 is 6.18 Å². The molecule has 2 N–H and O–H groups in total. The van der Waals surface area contributed by atoms with Crippen molar-refractivity contribution in [1.29, 1.82) is 0 Å². The highest BCUT2D eigenvalue weighted by Gasteiger charge is 2.37. The zero-order chi connectivity index (χ0) is 20.3. The summed E-state index contributed by atoms with van der Waals surface area (Å²) in [6.07, 6.45) is -2.11. The zero-order valence-corrected chi connectivity index (χ0v) is 15.5. The normalized spacial score (nSPS) is 14.0. The quantitative estimate of drug-likeness (QED) is 0.308. The van der Waals surface area contributed by atoms with Gasteiger partial charge in [-0.1, -0.05) is 0 Å². The fourth-order valence-corrected chi connectivity index (χ4v) is 2.95. The molecule has 28 heavy (non-hydrogen) atoms. The monoisotopic (exact) mass is 413 g/mol. The average Bonchev–Trinajstić information content (AvgIpc) is 3.37. The van der Waals surface area contributed by atoms with Crippen LogP contribution in [0, 0.1) is 10.1 Å². The second-order valence-corrected chi connectivity index (χ2v) is 6.90. The van der Waals surface area contributed by atoms with E-state index in [9.17, 15) is 23.3 Å². The van der Waals surface area contributed by atoms with E-state index in [0.29, 0.717) is 36.0 Å². The molecule has 0 radical (unpaired) electrons. The van der Waals surface area contributed by atoms with Gasteiger partial charge in [0.25, 0.3) is 5.69 Å². The second-order valence-electron chi connectivity index (χ2n) is 6.49. The molecule has 1 aliphatic rings. The van der Waals surface area contributed by atoms with E-state index in [4.69, 9.17) is 12.2 Å². The molecule has 1 aromatic heterocycles. The highest BCUT2D eigenvalue weighted by molar-refractivity contribution is 7.80. The van der Waals surface area contributed by atoms with Crippen LogP contribution in [0.5, 0.6) is 0 Å². The van der Waals surface area contributed by atoms with Crippen molar-refractivity contribution in [2.24, 2.45) is 0 Å². The lowest BCUT2D eigenvalue weighted by Gasteiger charge is -2.11. The minimum absolute atomic E-state index is 0.0201. The van der Waals surface area contributed by atoms with Gasteiger partial charge in [-0.25, -0.2) is 0 Å². The summed E-state index contributed by atoms with van der Waals surface area (Å²) >= 11 is 5.15. The van der Waals surface area contributed by atoms with Crippen LogP contribution in [-0.4, -0.2) is 26.4 Å². The molecule has 0 spiro atoms. The molecule has 0 aliphatic heterocycles. The van der Waals surface area contributed by atoms with Crippen LogP contribution in [0.2, 0.25) is 0 Å². The van der Waals surface area contributed by atoms with Gasteiger partial charge in [-0.15, -0.1) is 0 Å². The number of nitro groups is 1. The Morgan fingerprint density at radius 3 is 2.57 bits per heavy atom. The van der Waals surface area contributed by atoms with Gasteiger partial charge in [0.1, 0.15) is 0 Å². The Balaban J connectivity index is 1.47. The van der Waals surface area contributed by atoms with Gasteiger partial charge < -0.3 is 10.6 Å². The number of aryl methyl sites for hydroxylation is 1. The van der Waals surface area contributed by atoms with E-state index in [-0.39, 0.29) is 11.6 Å². The summed E-state index contributed by atoms with van der Waals surface area (Å²) < 4.78 is 40.1. The number of thiocarbonyl (C=S) groups is 1. The molecule has 0 atom stereocenters. The first-order valence-corrected chi connectivity index (χ1v) is 9.09. The van der Waals surface area contributed by atoms with Gasteiger partial charge in [0, 0.05) is 42.5 Å². The van der Waals surface area contributed by atoms with Crippen LogP contribution in [0.4, 0.5) is 24.5 Å². The van der Waals surface area contributed by atoms with E-state index in [0.717, 1.165) is 18.9 Å². The Morgan fingerprint density at radius 1 is 1.32 bits per heavy atom. The number of hydrogen-bond acceptors (Lipinski definition) is 4. The third-order valence-corrected chi connectivity index (χ3v) is 4.51. The summed E-state index contributed by atoms with van der Waals surface area (Å²) in [4.78, 5) is 10.1. The molecule has 2 aromatic rings. The van der Waals surface area contributed by atoms with Gasteiger partial charge in [-0.3, -0.25) is 14.8 Å². The number of aromatic nitrogens is 2. The van der Waals surface area contributed by atoms with Crippen molar-refractivity contribution in [3.05, 3.63) is 51.8 Å². The second kappa shape index (κ2) is 8.13. The molecule has 3 rings (SSSR count). The van der Waals surface area contributed by atoms with E-state index < -0.39 is 16.8 Å². The molecule has 0 amide bonds. The van der Waals surface area contributed by atoms with E-state index in [1.165, 1.54) is 28.9 Å². The van der Waals surface area contributed by atoms with Gasteiger partial charge in [0.2, 0.25) is 0 Å².